The van der Waals surface area contributed by atoms with Crippen molar-refractivity contribution in [2.24, 2.45) is 0 Å². The highest BCUT2D eigenvalue weighted by molar-refractivity contribution is 6.03. The van der Waals surface area contributed by atoms with Crippen molar-refractivity contribution in [1.82, 2.24) is 9.55 Å². The summed E-state index contributed by atoms with van der Waals surface area (Å²) in [5.41, 5.74) is -2.96. The smallest absolute Gasteiger partial charge is 0.328 e. The van der Waals surface area contributed by atoms with Gasteiger partial charge in [-0.05, 0) is 24.3 Å². The van der Waals surface area contributed by atoms with Gasteiger partial charge < -0.3 is 14.7 Å². The van der Waals surface area contributed by atoms with Crippen molar-refractivity contribution in [2.45, 2.75) is 6.54 Å². The van der Waals surface area contributed by atoms with Crippen LogP contribution >= 0.6 is 0 Å². The molecule has 2 N–H and O–H groups in total. The van der Waals surface area contributed by atoms with Gasteiger partial charge in [0, 0.05) is 18.0 Å². The van der Waals surface area contributed by atoms with E-state index >= 15 is 0 Å². The summed E-state index contributed by atoms with van der Waals surface area (Å²) in [6, 6.07) is 5.87. The van der Waals surface area contributed by atoms with Gasteiger partial charge in [0.1, 0.15) is 11.3 Å². The molecular formula is C16H11FN4O6. The topological polar surface area (TPSA) is 140 Å². The van der Waals surface area contributed by atoms with Gasteiger partial charge in [0.25, 0.3) is 11.5 Å². The maximum atomic E-state index is 13.4. The van der Waals surface area contributed by atoms with Crippen LogP contribution in [0, 0.1) is 15.9 Å². The van der Waals surface area contributed by atoms with Crippen molar-refractivity contribution in [3.8, 4) is 0 Å². The average molecular weight is 374 g/mol. The lowest BCUT2D eigenvalue weighted by atomic mass is 10.2. The highest BCUT2D eigenvalue weighted by Crippen LogP contribution is 2.21. The fourth-order valence-corrected chi connectivity index (χ4v) is 2.30. The number of hydrogen-bond donors (Lipinski definition) is 2. The number of amides is 1. The molecule has 0 radical (unpaired) electrons. The molecule has 0 unspecified atom stereocenters. The fraction of sp³-hybridized carbons (Fsp3) is 0.0625. The summed E-state index contributed by atoms with van der Waals surface area (Å²) in [6.07, 6.45) is 2.29. The number of nitro groups is 1. The van der Waals surface area contributed by atoms with Gasteiger partial charge in [-0.2, -0.15) is 4.39 Å². The molecular weight excluding hydrogens is 363 g/mol. The van der Waals surface area contributed by atoms with E-state index in [9.17, 15) is 28.9 Å². The van der Waals surface area contributed by atoms with Gasteiger partial charge in [0.15, 0.2) is 0 Å². The number of H-pyrrole nitrogens is 1. The van der Waals surface area contributed by atoms with E-state index in [1.54, 1.807) is 12.1 Å². The number of nitro benzene ring substituents is 1. The number of aromatic amines is 1. The van der Waals surface area contributed by atoms with Crippen molar-refractivity contribution < 1.29 is 18.5 Å². The van der Waals surface area contributed by atoms with Crippen LogP contribution in [0.2, 0.25) is 0 Å². The van der Waals surface area contributed by atoms with E-state index in [2.05, 4.69) is 10.3 Å². The van der Waals surface area contributed by atoms with Crippen LogP contribution in [0.25, 0.3) is 0 Å². The molecule has 0 saturated carbocycles. The van der Waals surface area contributed by atoms with E-state index in [0.29, 0.717) is 5.76 Å². The van der Waals surface area contributed by atoms with Crippen molar-refractivity contribution in [1.29, 1.82) is 0 Å². The number of nitrogens with one attached hydrogen (secondary N) is 2. The monoisotopic (exact) mass is 374 g/mol. The normalized spacial score (nSPS) is 10.6. The summed E-state index contributed by atoms with van der Waals surface area (Å²) in [4.78, 5) is 48.7. The SMILES string of the molecule is O=C(Nc1ccc(F)c([N+](=O)[O-])c1)c1c[nH]c(=O)n(Cc2ccco2)c1=O. The van der Waals surface area contributed by atoms with Gasteiger partial charge in [-0.25, -0.2) is 4.79 Å². The number of halogens is 1. The largest absolute Gasteiger partial charge is 0.467 e. The lowest BCUT2D eigenvalue weighted by Crippen LogP contribution is -2.39. The Hall–Kier alpha value is -4.02. The Kier molecular flexibility index (Phi) is 4.66. The Morgan fingerprint density at radius 2 is 2.11 bits per heavy atom. The zero-order valence-electron chi connectivity index (χ0n) is 13.5. The standard InChI is InChI=1S/C16H11FN4O6/c17-12-4-3-9(6-13(12)21(25)26)19-14(22)11-7-18-16(24)20(15(11)23)8-10-2-1-5-27-10/h1-7H,8H2,(H,18,24)(H,19,22). The number of nitrogens with zero attached hydrogens (tertiary/aromatic N) is 2. The lowest BCUT2D eigenvalue weighted by Gasteiger charge is -2.07. The molecule has 0 aliphatic heterocycles. The maximum Gasteiger partial charge on any atom is 0.328 e. The molecule has 0 aliphatic carbocycles. The van der Waals surface area contributed by atoms with Crippen molar-refractivity contribution >= 4 is 17.3 Å². The van der Waals surface area contributed by atoms with Gasteiger partial charge in [0.2, 0.25) is 5.82 Å². The van der Waals surface area contributed by atoms with Crippen LogP contribution in [0.3, 0.4) is 0 Å². The first-order chi connectivity index (χ1) is 12.9. The summed E-state index contributed by atoms with van der Waals surface area (Å²) < 4.78 is 19.2. The number of carbonyl (C=O) groups is 1. The Bertz CT molecular complexity index is 1130. The molecule has 0 saturated heterocycles. The summed E-state index contributed by atoms with van der Waals surface area (Å²) >= 11 is 0. The zero-order valence-corrected chi connectivity index (χ0v) is 13.5. The second kappa shape index (κ2) is 7.07. The summed E-state index contributed by atoms with van der Waals surface area (Å²) in [5, 5.41) is 13.0. The molecule has 1 aromatic carbocycles. The average Bonchev–Trinajstić information content (AvgIpc) is 3.13. The number of benzene rings is 1. The highest BCUT2D eigenvalue weighted by Gasteiger charge is 2.19. The van der Waals surface area contributed by atoms with Crippen molar-refractivity contribution in [3.63, 3.8) is 0 Å². The molecule has 0 atom stereocenters. The zero-order chi connectivity index (χ0) is 19.6. The molecule has 2 aromatic heterocycles. The van der Waals surface area contributed by atoms with Crippen molar-refractivity contribution in [3.05, 3.63) is 90.9 Å². The summed E-state index contributed by atoms with van der Waals surface area (Å²) in [6.45, 7) is -0.190. The predicted molar refractivity (Wildman–Crippen MR) is 90.1 cm³/mol. The molecule has 11 heteroatoms. The van der Waals surface area contributed by atoms with Gasteiger partial charge in [-0.1, -0.05) is 0 Å². The predicted octanol–water partition coefficient (Wildman–Crippen LogP) is 1.48. The number of aromatic nitrogens is 2. The Labute approximate surface area is 149 Å². The van der Waals surface area contributed by atoms with E-state index in [-0.39, 0.29) is 12.2 Å². The third kappa shape index (κ3) is 3.66. The summed E-state index contributed by atoms with van der Waals surface area (Å²) in [5.74, 6) is -1.66. The molecule has 3 aromatic rings. The quantitative estimate of drug-likeness (QED) is 0.512. The Balaban J connectivity index is 1.92. The Morgan fingerprint density at radius 1 is 1.33 bits per heavy atom. The van der Waals surface area contributed by atoms with E-state index in [4.69, 9.17) is 4.42 Å². The molecule has 10 nitrogen and oxygen atoms in total. The van der Waals surface area contributed by atoms with Crippen LogP contribution in [0.1, 0.15) is 16.1 Å². The van der Waals surface area contributed by atoms with E-state index < -0.39 is 39.1 Å². The second-order valence-electron chi connectivity index (χ2n) is 5.36. The van der Waals surface area contributed by atoms with Crippen LogP contribution in [0.4, 0.5) is 15.8 Å². The lowest BCUT2D eigenvalue weighted by molar-refractivity contribution is -0.387. The van der Waals surface area contributed by atoms with Crippen LogP contribution in [-0.4, -0.2) is 20.4 Å². The third-order valence-corrected chi connectivity index (χ3v) is 3.60. The Morgan fingerprint density at radius 3 is 2.78 bits per heavy atom. The summed E-state index contributed by atoms with van der Waals surface area (Å²) in [7, 11) is 0. The van der Waals surface area contributed by atoms with E-state index in [0.717, 1.165) is 29.0 Å². The van der Waals surface area contributed by atoms with Crippen molar-refractivity contribution in [2.75, 3.05) is 5.32 Å². The van der Waals surface area contributed by atoms with Crippen LogP contribution in [0.5, 0.6) is 0 Å². The second-order valence-corrected chi connectivity index (χ2v) is 5.36. The fourth-order valence-electron chi connectivity index (χ4n) is 2.30. The molecule has 1 amide bonds. The first-order valence-corrected chi connectivity index (χ1v) is 7.47. The minimum Gasteiger partial charge on any atom is -0.467 e. The first-order valence-electron chi connectivity index (χ1n) is 7.47. The highest BCUT2D eigenvalue weighted by atomic mass is 19.1. The molecule has 0 fully saturated rings. The van der Waals surface area contributed by atoms with Gasteiger partial charge >= 0.3 is 11.4 Å². The minimum atomic E-state index is -1.07. The van der Waals surface area contributed by atoms with E-state index in [1.807, 2.05) is 0 Å². The van der Waals surface area contributed by atoms with Crippen LogP contribution in [-0.2, 0) is 6.54 Å². The molecule has 0 spiro atoms. The molecule has 27 heavy (non-hydrogen) atoms. The van der Waals surface area contributed by atoms with Crippen LogP contribution < -0.4 is 16.6 Å². The number of furan rings is 1. The molecule has 2 heterocycles. The van der Waals surface area contributed by atoms with Gasteiger partial charge in [0.05, 0.1) is 17.7 Å². The number of rotatable bonds is 5. The van der Waals surface area contributed by atoms with Gasteiger partial charge in [-0.15, -0.1) is 0 Å². The molecule has 0 bridgehead atoms. The molecule has 0 aliphatic rings. The number of hydrogen-bond acceptors (Lipinski definition) is 6. The number of carbonyl (C=O) groups excluding carboxylic acids is 1. The van der Waals surface area contributed by atoms with Crippen LogP contribution in [0.15, 0.2) is 56.8 Å². The number of anilines is 1. The molecule has 3 rings (SSSR count). The first kappa shape index (κ1) is 17.8. The minimum absolute atomic E-state index is 0.0868. The maximum absolute atomic E-state index is 13.4. The van der Waals surface area contributed by atoms with E-state index in [1.165, 1.54) is 6.26 Å². The third-order valence-electron chi connectivity index (χ3n) is 3.60. The molecule has 138 valence electrons. The van der Waals surface area contributed by atoms with Gasteiger partial charge in [-0.3, -0.25) is 24.3 Å².